The molecule has 4 aromatic rings. The average Bonchev–Trinajstić information content (AvgIpc) is 2.88. The van der Waals surface area contributed by atoms with Gasteiger partial charge in [0.25, 0.3) is 5.56 Å². The number of alkyl halides is 3. The van der Waals surface area contributed by atoms with Gasteiger partial charge in [-0.1, -0.05) is 24.3 Å². The highest BCUT2D eigenvalue weighted by Crippen LogP contribution is 2.32. The van der Waals surface area contributed by atoms with Crippen LogP contribution in [-0.4, -0.2) is 35.1 Å². The number of halogens is 3. The van der Waals surface area contributed by atoms with Crippen LogP contribution in [-0.2, 0) is 15.7 Å². The number of carbonyl (C=O) groups is 1. The summed E-state index contributed by atoms with van der Waals surface area (Å²) < 4.78 is 51.0. The molecular weight excluding hydrogens is 475 g/mol. The van der Waals surface area contributed by atoms with E-state index in [0.717, 1.165) is 16.8 Å². The molecule has 0 bridgehead atoms. The van der Waals surface area contributed by atoms with Gasteiger partial charge in [-0.15, -0.1) is 0 Å². The van der Waals surface area contributed by atoms with Gasteiger partial charge in [-0.2, -0.15) is 22.9 Å². The van der Waals surface area contributed by atoms with Crippen molar-refractivity contribution in [2.75, 3.05) is 7.11 Å². The van der Waals surface area contributed by atoms with Crippen molar-refractivity contribution in [2.24, 2.45) is 5.10 Å². The van der Waals surface area contributed by atoms with Gasteiger partial charge in [0, 0.05) is 5.56 Å². The van der Waals surface area contributed by atoms with Gasteiger partial charge in [-0.3, -0.25) is 4.79 Å². The van der Waals surface area contributed by atoms with E-state index in [1.54, 1.807) is 55.5 Å². The van der Waals surface area contributed by atoms with E-state index < -0.39 is 29.4 Å². The molecular formula is C26H20F3N3O4. The topological polar surface area (TPSA) is 82.8 Å². The molecule has 0 spiro atoms. The highest BCUT2D eigenvalue weighted by molar-refractivity contribution is 5.82. The van der Waals surface area contributed by atoms with Crippen molar-refractivity contribution in [1.82, 2.24) is 9.66 Å². The Kier molecular flexibility index (Phi) is 6.86. The van der Waals surface area contributed by atoms with Crippen molar-refractivity contribution in [3.05, 3.63) is 94.3 Å². The zero-order chi connectivity index (χ0) is 25.9. The second-order valence-electron chi connectivity index (χ2n) is 7.74. The lowest BCUT2D eigenvalue weighted by Crippen LogP contribution is -2.24. The number of para-hydroxylation sites is 1. The Hall–Kier alpha value is -4.47. The number of rotatable bonds is 6. The van der Waals surface area contributed by atoms with Crippen molar-refractivity contribution in [3.63, 3.8) is 0 Å². The number of nitrogens with zero attached hydrogens (tertiary/aromatic N) is 3. The molecule has 36 heavy (non-hydrogen) atoms. The summed E-state index contributed by atoms with van der Waals surface area (Å²) in [4.78, 5) is 29.2. The molecule has 0 aliphatic carbocycles. The van der Waals surface area contributed by atoms with Crippen LogP contribution in [0.2, 0.25) is 0 Å². The highest BCUT2D eigenvalue weighted by Gasteiger charge is 2.31. The molecule has 184 valence electrons. The minimum absolute atomic E-state index is 0.0343. The molecule has 7 nitrogen and oxygen atoms in total. The Morgan fingerprint density at radius 2 is 1.78 bits per heavy atom. The first kappa shape index (κ1) is 24.6. The Morgan fingerprint density at radius 3 is 2.47 bits per heavy atom. The molecule has 3 aromatic carbocycles. The third kappa shape index (κ3) is 5.27. The normalized spacial score (nSPS) is 12.6. The van der Waals surface area contributed by atoms with Gasteiger partial charge in [0.2, 0.25) is 0 Å². The van der Waals surface area contributed by atoms with Crippen LogP contribution in [0.5, 0.6) is 5.75 Å². The third-order valence-corrected chi connectivity index (χ3v) is 5.25. The second kappa shape index (κ2) is 10.0. The maximum atomic E-state index is 13.3. The van der Waals surface area contributed by atoms with Gasteiger partial charge in [-0.25, -0.2) is 9.78 Å². The van der Waals surface area contributed by atoms with Crippen molar-refractivity contribution in [3.8, 4) is 17.1 Å². The number of ether oxygens (including phenoxy) is 2. The van der Waals surface area contributed by atoms with E-state index in [1.165, 1.54) is 25.5 Å². The van der Waals surface area contributed by atoms with E-state index in [2.05, 4.69) is 14.8 Å². The van der Waals surface area contributed by atoms with E-state index in [4.69, 9.17) is 4.74 Å². The predicted octanol–water partition coefficient (Wildman–Crippen LogP) is 4.90. The summed E-state index contributed by atoms with van der Waals surface area (Å²) in [7, 11) is 1.26. The second-order valence-corrected chi connectivity index (χ2v) is 7.74. The van der Waals surface area contributed by atoms with Crippen LogP contribution < -0.4 is 10.3 Å². The van der Waals surface area contributed by atoms with Crippen LogP contribution in [0, 0.1) is 0 Å². The lowest BCUT2D eigenvalue weighted by molar-refractivity contribution is -0.148. The molecule has 1 atom stereocenters. The lowest BCUT2D eigenvalue weighted by atomic mass is 10.1. The molecule has 4 rings (SSSR count). The van der Waals surface area contributed by atoms with Gasteiger partial charge in [0.05, 0.1) is 29.8 Å². The monoisotopic (exact) mass is 495 g/mol. The summed E-state index contributed by atoms with van der Waals surface area (Å²) in [5.74, 6) is -0.141. The van der Waals surface area contributed by atoms with Crippen LogP contribution in [0.3, 0.4) is 0 Å². The van der Waals surface area contributed by atoms with Crippen molar-refractivity contribution >= 4 is 23.1 Å². The van der Waals surface area contributed by atoms with Crippen LogP contribution in [0.4, 0.5) is 13.2 Å². The van der Waals surface area contributed by atoms with Gasteiger partial charge >= 0.3 is 12.1 Å². The molecule has 0 unspecified atom stereocenters. The summed E-state index contributed by atoms with van der Waals surface area (Å²) in [5.41, 5.74) is -0.401. The maximum Gasteiger partial charge on any atom is 0.416 e. The van der Waals surface area contributed by atoms with Crippen LogP contribution in [0.1, 0.15) is 18.1 Å². The Bertz CT molecular complexity index is 1500. The quantitative estimate of drug-likeness (QED) is 0.281. The van der Waals surface area contributed by atoms with Crippen molar-refractivity contribution in [1.29, 1.82) is 0 Å². The summed E-state index contributed by atoms with van der Waals surface area (Å²) >= 11 is 0. The summed E-state index contributed by atoms with van der Waals surface area (Å²) in [6.45, 7) is 1.55. The number of hydrogen-bond acceptors (Lipinski definition) is 6. The summed E-state index contributed by atoms with van der Waals surface area (Å²) in [5, 5.41) is 4.52. The first-order chi connectivity index (χ1) is 17.2. The van der Waals surface area contributed by atoms with E-state index in [0.29, 0.717) is 16.8 Å². The van der Waals surface area contributed by atoms with Crippen molar-refractivity contribution < 1.29 is 27.4 Å². The predicted molar refractivity (Wildman–Crippen MR) is 128 cm³/mol. The lowest BCUT2D eigenvalue weighted by Gasteiger charge is -2.12. The van der Waals surface area contributed by atoms with Gasteiger partial charge in [0.15, 0.2) is 11.9 Å². The number of benzene rings is 3. The molecule has 0 radical (unpaired) electrons. The van der Waals surface area contributed by atoms with Crippen LogP contribution in [0.15, 0.2) is 82.7 Å². The number of carbonyl (C=O) groups excluding carboxylic acids is 1. The van der Waals surface area contributed by atoms with Gasteiger partial charge in [0.1, 0.15) is 5.75 Å². The molecule has 0 saturated carbocycles. The summed E-state index contributed by atoms with van der Waals surface area (Å²) in [6.07, 6.45) is -3.98. The number of methoxy groups -OCH3 is 1. The molecule has 0 saturated heterocycles. The molecule has 10 heteroatoms. The van der Waals surface area contributed by atoms with Crippen LogP contribution >= 0.6 is 0 Å². The number of hydrogen-bond donors (Lipinski definition) is 0. The van der Waals surface area contributed by atoms with E-state index in [1.807, 2.05) is 0 Å². The summed E-state index contributed by atoms with van der Waals surface area (Å²) in [6, 6.07) is 17.6. The minimum Gasteiger partial charge on any atom is -0.479 e. The molecule has 1 aromatic heterocycles. The zero-order valence-corrected chi connectivity index (χ0v) is 19.2. The number of aromatic nitrogens is 2. The molecule has 0 N–H and O–H groups in total. The zero-order valence-electron chi connectivity index (χ0n) is 19.2. The first-order valence-corrected chi connectivity index (χ1v) is 10.8. The minimum atomic E-state index is -4.56. The van der Waals surface area contributed by atoms with E-state index in [9.17, 15) is 22.8 Å². The van der Waals surface area contributed by atoms with E-state index >= 15 is 0 Å². The third-order valence-electron chi connectivity index (χ3n) is 5.25. The average molecular weight is 495 g/mol. The van der Waals surface area contributed by atoms with Gasteiger partial charge < -0.3 is 9.47 Å². The maximum absolute atomic E-state index is 13.3. The fourth-order valence-corrected chi connectivity index (χ4v) is 3.43. The molecule has 0 fully saturated rings. The fraction of sp³-hybridized carbons (Fsp3) is 0.154. The number of fused-ring (bicyclic) bond motifs is 1. The Balaban J connectivity index is 1.74. The molecule has 0 aliphatic rings. The highest BCUT2D eigenvalue weighted by atomic mass is 19.4. The smallest absolute Gasteiger partial charge is 0.416 e. The fourth-order valence-electron chi connectivity index (χ4n) is 3.43. The molecule has 0 amide bonds. The largest absolute Gasteiger partial charge is 0.479 e. The molecule has 1 heterocycles. The Morgan fingerprint density at radius 1 is 1.06 bits per heavy atom. The van der Waals surface area contributed by atoms with Crippen LogP contribution in [0.25, 0.3) is 22.3 Å². The standard InChI is InChI=1S/C26H20F3N3O4/c1-16(25(34)35-2)36-20-12-10-17(11-13-20)15-30-32-23(18-6-5-7-19(14-18)26(27,28)29)31-22-9-4-3-8-21(22)24(32)33/h3-16H,1-2H3/t16-/m0/s1. The SMILES string of the molecule is COC(=O)[C@H](C)Oc1ccc(C=Nn2c(-c3cccc(C(F)(F)F)c3)nc3ccccc3c2=O)cc1. The Labute approximate surface area is 203 Å². The first-order valence-electron chi connectivity index (χ1n) is 10.8. The van der Waals surface area contributed by atoms with Crippen molar-refractivity contribution in [2.45, 2.75) is 19.2 Å². The van der Waals surface area contributed by atoms with Gasteiger partial charge in [-0.05, 0) is 61.0 Å². The van der Waals surface area contributed by atoms with E-state index in [-0.39, 0.29) is 16.8 Å². The number of esters is 1. The molecule has 0 aliphatic heterocycles.